The number of hydrogen-bond acceptors (Lipinski definition) is 5. The first-order chi connectivity index (χ1) is 12.2. The molecular weight excluding hydrogens is 362 g/mol. The zero-order valence-corrected chi connectivity index (χ0v) is 14.4. The van der Waals surface area contributed by atoms with Gasteiger partial charge in [-0.25, -0.2) is 9.78 Å². The minimum absolute atomic E-state index is 0.227. The lowest BCUT2D eigenvalue weighted by atomic mass is 10.1. The van der Waals surface area contributed by atoms with Crippen LogP contribution in [0.15, 0.2) is 47.8 Å². The molecule has 2 aromatic carbocycles. The molecule has 4 rings (SSSR count). The topological polar surface area (TPSA) is 72.5 Å². The van der Waals surface area contributed by atoms with E-state index in [0.717, 1.165) is 17.0 Å². The van der Waals surface area contributed by atoms with Gasteiger partial charge in [-0.3, -0.25) is 5.32 Å². The van der Waals surface area contributed by atoms with Crippen LogP contribution in [0.2, 0.25) is 5.02 Å². The molecule has 0 unspecified atom stereocenters. The van der Waals surface area contributed by atoms with Crippen LogP contribution in [0.1, 0.15) is 0 Å². The molecular formula is C17H12ClN3O3S. The van der Waals surface area contributed by atoms with Crippen LogP contribution < -0.4 is 20.1 Å². The first-order valence-electron chi connectivity index (χ1n) is 7.37. The van der Waals surface area contributed by atoms with Gasteiger partial charge in [0, 0.05) is 10.9 Å². The fourth-order valence-corrected chi connectivity index (χ4v) is 3.23. The lowest BCUT2D eigenvalue weighted by Crippen LogP contribution is -2.19. The Labute approximate surface area is 152 Å². The second kappa shape index (κ2) is 6.62. The SMILES string of the molecule is O=C(Nc1nc(-c2ccc3c(c2)OCO3)cs1)Nc1ccccc1Cl. The van der Waals surface area contributed by atoms with E-state index in [2.05, 4.69) is 15.6 Å². The van der Waals surface area contributed by atoms with Crippen molar-refractivity contribution in [2.24, 2.45) is 0 Å². The van der Waals surface area contributed by atoms with E-state index in [-0.39, 0.29) is 6.79 Å². The molecule has 3 aromatic rings. The molecule has 0 fully saturated rings. The third-order valence-electron chi connectivity index (χ3n) is 3.52. The summed E-state index contributed by atoms with van der Waals surface area (Å²) in [6.45, 7) is 0.227. The summed E-state index contributed by atoms with van der Waals surface area (Å²) in [5.74, 6) is 1.41. The van der Waals surface area contributed by atoms with Crippen molar-refractivity contribution in [2.75, 3.05) is 17.4 Å². The highest BCUT2D eigenvalue weighted by Gasteiger charge is 2.15. The number of carbonyl (C=O) groups excluding carboxylic acids is 1. The van der Waals surface area contributed by atoms with Gasteiger partial charge in [0.2, 0.25) is 6.79 Å². The number of benzene rings is 2. The molecule has 25 heavy (non-hydrogen) atoms. The zero-order valence-electron chi connectivity index (χ0n) is 12.8. The van der Waals surface area contributed by atoms with Crippen LogP contribution in [0, 0.1) is 0 Å². The number of hydrogen-bond donors (Lipinski definition) is 2. The smallest absolute Gasteiger partial charge is 0.325 e. The molecule has 0 atom stereocenters. The highest BCUT2D eigenvalue weighted by molar-refractivity contribution is 7.14. The zero-order chi connectivity index (χ0) is 17.2. The number of thiazole rings is 1. The van der Waals surface area contributed by atoms with Crippen molar-refractivity contribution in [3.63, 3.8) is 0 Å². The van der Waals surface area contributed by atoms with Crippen molar-refractivity contribution in [3.8, 4) is 22.8 Å². The summed E-state index contributed by atoms with van der Waals surface area (Å²) >= 11 is 7.36. The maximum atomic E-state index is 12.1. The standard InChI is InChI=1S/C17H12ClN3O3S/c18-11-3-1-2-4-12(11)19-16(22)21-17-20-13(8-25-17)10-5-6-14-15(7-10)24-9-23-14/h1-8H,9H2,(H2,19,20,21,22). The molecule has 0 spiro atoms. The molecule has 0 bridgehead atoms. The summed E-state index contributed by atoms with van der Waals surface area (Å²) in [6.07, 6.45) is 0. The van der Waals surface area contributed by atoms with Gasteiger partial charge in [0.05, 0.1) is 16.4 Å². The van der Waals surface area contributed by atoms with Crippen LogP contribution in [0.5, 0.6) is 11.5 Å². The molecule has 126 valence electrons. The molecule has 1 aromatic heterocycles. The number of amides is 2. The van der Waals surface area contributed by atoms with Crippen LogP contribution in [0.25, 0.3) is 11.3 Å². The summed E-state index contributed by atoms with van der Waals surface area (Å²) in [4.78, 5) is 16.5. The van der Waals surface area contributed by atoms with Crippen molar-refractivity contribution in [1.29, 1.82) is 0 Å². The highest BCUT2D eigenvalue weighted by Crippen LogP contribution is 2.36. The van der Waals surface area contributed by atoms with Gasteiger partial charge in [0.25, 0.3) is 0 Å². The number of carbonyl (C=O) groups is 1. The summed E-state index contributed by atoms with van der Waals surface area (Å²) in [5.41, 5.74) is 2.17. The molecule has 0 aliphatic carbocycles. The van der Waals surface area contributed by atoms with E-state index >= 15 is 0 Å². The van der Waals surface area contributed by atoms with Gasteiger partial charge in [0.1, 0.15) is 0 Å². The number of nitrogens with one attached hydrogen (secondary N) is 2. The molecule has 1 aliphatic heterocycles. The Morgan fingerprint density at radius 1 is 1.12 bits per heavy atom. The van der Waals surface area contributed by atoms with Crippen LogP contribution in [-0.4, -0.2) is 17.8 Å². The fraction of sp³-hybridized carbons (Fsp3) is 0.0588. The molecule has 0 radical (unpaired) electrons. The van der Waals surface area contributed by atoms with Gasteiger partial charge < -0.3 is 14.8 Å². The van der Waals surface area contributed by atoms with E-state index in [9.17, 15) is 4.79 Å². The summed E-state index contributed by atoms with van der Waals surface area (Å²) in [6, 6.07) is 12.2. The highest BCUT2D eigenvalue weighted by atomic mass is 35.5. The Bertz CT molecular complexity index is 944. The molecule has 2 amide bonds. The lowest BCUT2D eigenvalue weighted by Gasteiger charge is -2.06. The maximum Gasteiger partial charge on any atom is 0.325 e. The number of nitrogens with zero attached hydrogens (tertiary/aromatic N) is 1. The molecule has 0 saturated carbocycles. The van der Waals surface area contributed by atoms with E-state index in [0.29, 0.717) is 21.6 Å². The Morgan fingerprint density at radius 2 is 1.96 bits per heavy atom. The monoisotopic (exact) mass is 373 g/mol. The van der Waals surface area contributed by atoms with Gasteiger partial charge in [0.15, 0.2) is 16.6 Å². The van der Waals surface area contributed by atoms with Crippen LogP contribution in [0.3, 0.4) is 0 Å². The van der Waals surface area contributed by atoms with Crippen molar-refractivity contribution in [3.05, 3.63) is 52.9 Å². The van der Waals surface area contributed by atoms with Gasteiger partial charge in [-0.05, 0) is 30.3 Å². The lowest BCUT2D eigenvalue weighted by molar-refractivity contribution is 0.174. The van der Waals surface area contributed by atoms with Gasteiger partial charge >= 0.3 is 6.03 Å². The second-order valence-corrected chi connectivity index (χ2v) is 6.43. The third kappa shape index (κ3) is 3.38. The van der Waals surface area contributed by atoms with Crippen LogP contribution in [-0.2, 0) is 0 Å². The normalized spacial score (nSPS) is 12.0. The van der Waals surface area contributed by atoms with Gasteiger partial charge in [-0.1, -0.05) is 23.7 Å². The number of ether oxygens (including phenoxy) is 2. The fourth-order valence-electron chi connectivity index (χ4n) is 2.33. The third-order valence-corrected chi connectivity index (χ3v) is 4.60. The number of halogens is 1. The average molecular weight is 374 g/mol. The number of aromatic nitrogens is 1. The van der Waals surface area contributed by atoms with E-state index in [4.69, 9.17) is 21.1 Å². The Morgan fingerprint density at radius 3 is 2.84 bits per heavy atom. The van der Waals surface area contributed by atoms with Crippen LogP contribution >= 0.6 is 22.9 Å². The average Bonchev–Trinajstić information content (AvgIpc) is 3.25. The molecule has 2 heterocycles. The number of anilines is 2. The molecule has 2 N–H and O–H groups in total. The predicted octanol–water partition coefficient (Wildman–Crippen LogP) is 4.84. The van der Waals surface area contributed by atoms with E-state index in [1.807, 2.05) is 23.6 Å². The number of fused-ring (bicyclic) bond motifs is 1. The van der Waals surface area contributed by atoms with Crippen molar-refractivity contribution >= 4 is 39.8 Å². The Balaban J connectivity index is 1.46. The van der Waals surface area contributed by atoms with Gasteiger partial charge in [-0.2, -0.15) is 0 Å². The minimum atomic E-state index is -0.403. The number of urea groups is 1. The molecule has 0 saturated heterocycles. The first kappa shape index (κ1) is 15.7. The largest absolute Gasteiger partial charge is 0.454 e. The molecule has 1 aliphatic rings. The van der Waals surface area contributed by atoms with E-state index in [1.54, 1.807) is 24.3 Å². The number of para-hydroxylation sites is 1. The predicted molar refractivity (Wildman–Crippen MR) is 97.8 cm³/mol. The van der Waals surface area contributed by atoms with Crippen molar-refractivity contribution in [1.82, 2.24) is 4.98 Å². The van der Waals surface area contributed by atoms with Gasteiger partial charge in [-0.15, -0.1) is 11.3 Å². The Hall–Kier alpha value is -2.77. The second-order valence-electron chi connectivity index (χ2n) is 5.16. The quantitative estimate of drug-likeness (QED) is 0.689. The summed E-state index contributed by atoms with van der Waals surface area (Å²) in [5, 5.41) is 8.21. The summed E-state index contributed by atoms with van der Waals surface area (Å²) < 4.78 is 10.7. The molecule has 6 nitrogen and oxygen atoms in total. The van der Waals surface area contributed by atoms with Crippen LogP contribution in [0.4, 0.5) is 15.6 Å². The van der Waals surface area contributed by atoms with E-state index in [1.165, 1.54) is 11.3 Å². The van der Waals surface area contributed by atoms with Crippen molar-refractivity contribution in [2.45, 2.75) is 0 Å². The summed E-state index contributed by atoms with van der Waals surface area (Å²) in [7, 11) is 0. The maximum absolute atomic E-state index is 12.1. The number of rotatable bonds is 3. The van der Waals surface area contributed by atoms with E-state index < -0.39 is 6.03 Å². The molecule has 8 heteroatoms. The first-order valence-corrected chi connectivity index (χ1v) is 8.63. The Kier molecular flexibility index (Phi) is 4.17. The van der Waals surface area contributed by atoms with Crippen molar-refractivity contribution < 1.29 is 14.3 Å². The minimum Gasteiger partial charge on any atom is -0.454 e.